The third-order valence-electron chi connectivity index (χ3n) is 1.46. The van der Waals surface area contributed by atoms with E-state index in [0.717, 1.165) is 6.42 Å². The maximum atomic E-state index is 8.30. The molecule has 0 spiro atoms. The van der Waals surface area contributed by atoms with Gasteiger partial charge in [0.1, 0.15) is 6.10 Å². The highest BCUT2D eigenvalue weighted by atomic mass is 16.5. The first-order valence-corrected chi connectivity index (χ1v) is 4.15. The van der Waals surface area contributed by atoms with Crippen LogP contribution in [-0.2, 0) is 4.74 Å². The van der Waals surface area contributed by atoms with Crippen LogP contribution in [0.5, 0.6) is 0 Å². The van der Waals surface area contributed by atoms with Gasteiger partial charge in [-0.25, -0.2) is 0 Å². The second-order valence-electron chi connectivity index (χ2n) is 2.55. The molecule has 2 nitrogen and oxygen atoms in total. The smallest absolute Gasteiger partial charge is 0.144 e. The van der Waals surface area contributed by atoms with Crippen LogP contribution < -0.4 is 0 Å². The number of ether oxygens (including phenoxy) is 1. The summed E-state index contributed by atoms with van der Waals surface area (Å²) in [5.74, 6) is 0. The first-order valence-electron chi connectivity index (χ1n) is 4.15. The van der Waals surface area contributed by atoms with Crippen LogP contribution in [0.2, 0.25) is 0 Å². The van der Waals surface area contributed by atoms with Gasteiger partial charge in [0.25, 0.3) is 0 Å². The van der Waals surface area contributed by atoms with Crippen LogP contribution >= 0.6 is 0 Å². The molecule has 0 saturated heterocycles. The fraction of sp³-hybridized carbons (Fsp3) is 0.778. The Bertz CT molecular complexity index is 117. The lowest BCUT2D eigenvalue weighted by Crippen LogP contribution is -2.06. The van der Waals surface area contributed by atoms with Crippen molar-refractivity contribution in [2.45, 2.75) is 38.7 Å². The first-order chi connectivity index (χ1) is 5.31. The largest absolute Gasteiger partial charge is 0.363 e. The van der Waals surface area contributed by atoms with Gasteiger partial charge in [-0.15, -0.1) is 0 Å². The minimum absolute atomic E-state index is 0.489. The normalized spacial score (nSPS) is 12.5. The Hall–Kier alpha value is -0.550. The molecule has 0 aromatic rings. The van der Waals surface area contributed by atoms with Gasteiger partial charge in [0.15, 0.2) is 0 Å². The minimum Gasteiger partial charge on any atom is -0.363 e. The summed E-state index contributed by atoms with van der Waals surface area (Å²) in [5, 5.41) is 8.30. The van der Waals surface area contributed by atoms with Gasteiger partial charge in [0, 0.05) is 6.61 Å². The molecule has 63 valence electrons. The molecule has 1 atom stereocenters. The zero-order valence-electron chi connectivity index (χ0n) is 7.18. The van der Waals surface area contributed by atoms with Crippen LogP contribution in [0, 0.1) is 18.3 Å². The topological polar surface area (TPSA) is 33.0 Å². The summed E-state index contributed by atoms with van der Waals surface area (Å²) < 4.78 is 5.07. The number of unbranched alkanes of at least 4 members (excludes halogenated alkanes) is 3. The fourth-order valence-corrected chi connectivity index (χ4v) is 0.792. The van der Waals surface area contributed by atoms with Gasteiger partial charge >= 0.3 is 0 Å². The molecular formula is C9H16NO. The first kappa shape index (κ1) is 10.4. The molecule has 2 heteroatoms. The number of hydrogen-bond acceptors (Lipinski definition) is 2. The number of rotatable bonds is 6. The highest BCUT2D eigenvalue weighted by molar-refractivity contribution is 4.85. The lowest BCUT2D eigenvalue weighted by atomic mass is 10.2. The summed E-state index contributed by atoms with van der Waals surface area (Å²) in [5.41, 5.74) is 0. The summed E-state index contributed by atoms with van der Waals surface area (Å²) in [7, 11) is 0. The van der Waals surface area contributed by atoms with Gasteiger partial charge in [-0.05, 0) is 13.3 Å². The number of nitriles is 1. The average molecular weight is 154 g/mol. The van der Waals surface area contributed by atoms with Crippen LogP contribution in [0.25, 0.3) is 0 Å². The van der Waals surface area contributed by atoms with E-state index < -0.39 is 6.10 Å². The Morgan fingerprint density at radius 3 is 2.73 bits per heavy atom. The molecule has 0 saturated carbocycles. The van der Waals surface area contributed by atoms with Gasteiger partial charge in [0.05, 0.1) is 6.07 Å². The van der Waals surface area contributed by atoms with E-state index in [1.165, 1.54) is 19.3 Å². The predicted molar refractivity (Wildman–Crippen MR) is 44.9 cm³/mol. The fourth-order valence-electron chi connectivity index (χ4n) is 0.792. The number of nitrogens with zero attached hydrogens (tertiary/aromatic N) is 1. The molecule has 1 radical (unpaired) electrons. The predicted octanol–water partition coefficient (Wildman–Crippen LogP) is 2.31. The molecule has 0 aromatic heterocycles. The van der Waals surface area contributed by atoms with Crippen molar-refractivity contribution in [2.24, 2.45) is 0 Å². The molecule has 1 unspecified atom stereocenters. The van der Waals surface area contributed by atoms with E-state index in [4.69, 9.17) is 10.00 Å². The van der Waals surface area contributed by atoms with E-state index in [1.807, 2.05) is 6.07 Å². The van der Waals surface area contributed by atoms with E-state index >= 15 is 0 Å². The third-order valence-corrected chi connectivity index (χ3v) is 1.46. The van der Waals surface area contributed by atoms with E-state index in [-0.39, 0.29) is 0 Å². The SMILES string of the molecule is [CH2]C(C#N)OCCCCCC. The molecule has 0 aromatic carbocycles. The highest BCUT2D eigenvalue weighted by Crippen LogP contribution is 1.99. The Morgan fingerprint density at radius 2 is 2.18 bits per heavy atom. The molecule has 0 amide bonds. The van der Waals surface area contributed by atoms with Crippen LogP contribution in [0.1, 0.15) is 32.6 Å². The summed E-state index contributed by atoms with van der Waals surface area (Å²) in [4.78, 5) is 0. The second kappa shape index (κ2) is 7.56. The standard InChI is InChI=1S/C9H16NO/c1-3-4-5-6-7-11-9(2)8-10/h9H,2-7H2,1H3. The van der Waals surface area contributed by atoms with Crippen LogP contribution in [-0.4, -0.2) is 12.7 Å². The Labute approximate surface area is 69.2 Å². The summed E-state index contributed by atoms with van der Waals surface area (Å²) in [6.45, 7) is 6.33. The van der Waals surface area contributed by atoms with Crippen LogP contribution in [0.3, 0.4) is 0 Å². The second-order valence-corrected chi connectivity index (χ2v) is 2.55. The third kappa shape index (κ3) is 7.35. The van der Waals surface area contributed by atoms with E-state index in [0.29, 0.717) is 6.61 Å². The summed E-state index contributed by atoms with van der Waals surface area (Å²) in [6.07, 6.45) is 4.22. The van der Waals surface area contributed by atoms with Gasteiger partial charge in [0.2, 0.25) is 0 Å². The van der Waals surface area contributed by atoms with E-state index in [9.17, 15) is 0 Å². The van der Waals surface area contributed by atoms with Crippen molar-refractivity contribution in [3.8, 4) is 6.07 Å². The van der Waals surface area contributed by atoms with E-state index in [2.05, 4.69) is 13.8 Å². The maximum absolute atomic E-state index is 8.30. The summed E-state index contributed by atoms with van der Waals surface area (Å²) >= 11 is 0. The molecule has 0 N–H and O–H groups in total. The van der Waals surface area contributed by atoms with Crippen molar-refractivity contribution < 1.29 is 4.74 Å². The Kier molecular flexibility index (Phi) is 7.18. The van der Waals surface area contributed by atoms with Crippen molar-refractivity contribution in [1.82, 2.24) is 0 Å². The highest BCUT2D eigenvalue weighted by Gasteiger charge is 1.96. The molecule has 0 bridgehead atoms. The van der Waals surface area contributed by atoms with Gasteiger partial charge in [-0.1, -0.05) is 26.2 Å². The molecule has 0 aliphatic heterocycles. The molecule has 0 aliphatic carbocycles. The molecular weight excluding hydrogens is 138 g/mol. The lowest BCUT2D eigenvalue weighted by Gasteiger charge is -2.03. The molecule has 0 aliphatic rings. The van der Waals surface area contributed by atoms with Crippen LogP contribution in [0.15, 0.2) is 0 Å². The molecule has 0 heterocycles. The minimum atomic E-state index is -0.489. The van der Waals surface area contributed by atoms with Crippen LogP contribution in [0.4, 0.5) is 0 Å². The lowest BCUT2D eigenvalue weighted by molar-refractivity contribution is 0.114. The van der Waals surface area contributed by atoms with Crippen molar-refractivity contribution in [2.75, 3.05) is 6.61 Å². The quantitative estimate of drug-likeness (QED) is 0.550. The van der Waals surface area contributed by atoms with Crippen molar-refractivity contribution >= 4 is 0 Å². The zero-order chi connectivity index (χ0) is 8.53. The molecule has 11 heavy (non-hydrogen) atoms. The van der Waals surface area contributed by atoms with E-state index in [1.54, 1.807) is 0 Å². The van der Waals surface area contributed by atoms with Gasteiger partial charge in [-0.2, -0.15) is 5.26 Å². The summed E-state index contributed by atoms with van der Waals surface area (Å²) in [6, 6.07) is 1.92. The molecule has 0 rings (SSSR count). The zero-order valence-corrected chi connectivity index (χ0v) is 7.18. The van der Waals surface area contributed by atoms with Crippen molar-refractivity contribution in [3.63, 3.8) is 0 Å². The average Bonchev–Trinajstić information content (AvgIpc) is 2.04. The molecule has 0 fully saturated rings. The van der Waals surface area contributed by atoms with Gasteiger partial charge < -0.3 is 4.74 Å². The monoisotopic (exact) mass is 154 g/mol. The van der Waals surface area contributed by atoms with Gasteiger partial charge in [-0.3, -0.25) is 0 Å². The Morgan fingerprint density at radius 1 is 1.45 bits per heavy atom. The van der Waals surface area contributed by atoms with Crippen molar-refractivity contribution in [1.29, 1.82) is 5.26 Å². The maximum Gasteiger partial charge on any atom is 0.144 e. The number of hydrogen-bond donors (Lipinski definition) is 0. The Balaban J connectivity index is 2.97. The van der Waals surface area contributed by atoms with Crippen molar-refractivity contribution in [3.05, 3.63) is 6.92 Å².